The summed E-state index contributed by atoms with van der Waals surface area (Å²) in [5, 5.41) is 11.5. The molecule has 0 aliphatic rings. The summed E-state index contributed by atoms with van der Waals surface area (Å²) in [5.41, 5.74) is 1.73. The number of hydrogen-bond donors (Lipinski definition) is 0. The Kier molecular flexibility index (Phi) is 6.91. The minimum absolute atomic E-state index is 0.0218. The molecule has 0 heterocycles. The minimum atomic E-state index is -4.21. The zero-order chi connectivity index (χ0) is 22.4. The van der Waals surface area contributed by atoms with Gasteiger partial charge < -0.3 is 4.74 Å². The maximum atomic E-state index is 13.7. The van der Waals surface area contributed by atoms with Crippen LogP contribution in [0.3, 0.4) is 0 Å². The molecule has 0 aliphatic heterocycles. The van der Waals surface area contributed by atoms with Crippen molar-refractivity contribution in [2.24, 2.45) is 0 Å². The Hall–Kier alpha value is -3.39. The molecule has 3 rings (SSSR count). The van der Waals surface area contributed by atoms with Crippen molar-refractivity contribution in [3.8, 4) is 5.75 Å². The van der Waals surface area contributed by atoms with E-state index < -0.39 is 20.6 Å². The Morgan fingerprint density at radius 3 is 2.32 bits per heavy atom. The lowest BCUT2D eigenvalue weighted by molar-refractivity contribution is -0.387. The summed E-state index contributed by atoms with van der Waals surface area (Å²) >= 11 is 0. The Labute approximate surface area is 182 Å². The first-order valence-corrected chi connectivity index (χ1v) is 11.3. The van der Waals surface area contributed by atoms with E-state index in [2.05, 4.69) is 0 Å². The van der Waals surface area contributed by atoms with Crippen LogP contribution in [0.2, 0.25) is 0 Å². The number of hydrogen-bond acceptors (Lipinski definition) is 5. The molecule has 162 valence electrons. The van der Waals surface area contributed by atoms with Crippen LogP contribution in [-0.2, 0) is 23.0 Å². The van der Waals surface area contributed by atoms with E-state index >= 15 is 0 Å². The molecule has 0 amide bonds. The predicted molar refractivity (Wildman–Crippen MR) is 120 cm³/mol. The van der Waals surface area contributed by atoms with Crippen molar-refractivity contribution in [1.29, 1.82) is 0 Å². The van der Waals surface area contributed by atoms with Crippen LogP contribution < -0.4 is 9.04 Å². The number of nitro benzene ring substituents is 1. The highest BCUT2D eigenvalue weighted by Crippen LogP contribution is 2.32. The lowest BCUT2D eigenvalue weighted by atomic mass is 10.1. The van der Waals surface area contributed by atoms with Crippen LogP contribution in [-0.4, -0.2) is 20.5 Å². The van der Waals surface area contributed by atoms with Crippen molar-refractivity contribution in [3.05, 3.63) is 94.0 Å². The van der Waals surface area contributed by atoms with Gasteiger partial charge in [0.2, 0.25) is 0 Å². The van der Waals surface area contributed by atoms with Crippen LogP contribution in [0, 0.1) is 10.1 Å². The molecule has 31 heavy (non-hydrogen) atoms. The molecule has 0 saturated carbocycles. The van der Waals surface area contributed by atoms with Crippen LogP contribution in [0.5, 0.6) is 5.75 Å². The molecule has 0 fully saturated rings. The number of nitrogens with zero attached hydrogens (tertiary/aromatic N) is 2. The quantitative estimate of drug-likeness (QED) is 0.347. The third-order valence-electron chi connectivity index (χ3n) is 4.85. The van der Waals surface area contributed by atoms with E-state index in [1.165, 1.54) is 28.6 Å². The second-order valence-electron chi connectivity index (χ2n) is 7.00. The van der Waals surface area contributed by atoms with Gasteiger partial charge in [-0.3, -0.25) is 14.4 Å². The number of anilines is 1. The molecule has 0 bridgehead atoms. The zero-order valence-electron chi connectivity index (χ0n) is 17.4. The van der Waals surface area contributed by atoms with Gasteiger partial charge in [-0.1, -0.05) is 49.7 Å². The molecule has 0 atom stereocenters. The van der Waals surface area contributed by atoms with Gasteiger partial charge in [0.05, 0.1) is 24.3 Å². The maximum Gasteiger partial charge on any atom is 0.289 e. The molecule has 3 aromatic carbocycles. The summed E-state index contributed by atoms with van der Waals surface area (Å²) < 4.78 is 33.7. The monoisotopic (exact) mass is 440 g/mol. The Morgan fingerprint density at radius 1 is 0.968 bits per heavy atom. The second kappa shape index (κ2) is 9.61. The van der Waals surface area contributed by atoms with Gasteiger partial charge in [0.25, 0.3) is 15.7 Å². The Balaban J connectivity index is 2.13. The summed E-state index contributed by atoms with van der Waals surface area (Å²) in [7, 11) is -2.66. The fourth-order valence-electron chi connectivity index (χ4n) is 3.31. The van der Waals surface area contributed by atoms with E-state index in [4.69, 9.17) is 4.74 Å². The van der Waals surface area contributed by atoms with E-state index in [9.17, 15) is 18.5 Å². The van der Waals surface area contributed by atoms with Gasteiger partial charge in [-0.2, -0.15) is 0 Å². The normalized spacial score (nSPS) is 11.2. The first-order valence-electron chi connectivity index (χ1n) is 9.85. The summed E-state index contributed by atoms with van der Waals surface area (Å²) in [6, 6.07) is 19.7. The standard InChI is InChI=1S/C23H24N2O5S/c1-3-7-18-8-6-9-20(16-18)24(17-19-12-14-21(30-2)15-13-19)31(28,29)23-11-5-4-10-22(23)25(26)27/h4-6,8-16H,3,7,17H2,1-2H3. The van der Waals surface area contributed by atoms with Crippen molar-refractivity contribution in [1.82, 2.24) is 0 Å². The van der Waals surface area contributed by atoms with Gasteiger partial charge >= 0.3 is 0 Å². The van der Waals surface area contributed by atoms with E-state index in [-0.39, 0.29) is 11.4 Å². The number of benzene rings is 3. The average Bonchev–Trinajstić information content (AvgIpc) is 2.78. The molecule has 0 unspecified atom stereocenters. The van der Waals surface area contributed by atoms with Crippen LogP contribution in [0.1, 0.15) is 24.5 Å². The van der Waals surface area contributed by atoms with Gasteiger partial charge in [0.1, 0.15) is 5.75 Å². The molecule has 7 nitrogen and oxygen atoms in total. The van der Waals surface area contributed by atoms with Crippen LogP contribution >= 0.6 is 0 Å². The SMILES string of the molecule is CCCc1cccc(N(Cc2ccc(OC)cc2)S(=O)(=O)c2ccccc2[N+](=O)[O-])c1. The molecule has 0 spiro atoms. The van der Waals surface area contributed by atoms with E-state index in [0.29, 0.717) is 11.4 Å². The molecule has 0 N–H and O–H groups in total. The highest BCUT2D eigenvalue weighted by Gasteiger charge is 2.32. The van der Waals surface area contributed by atoms with Gasteiger partial charge in [-0.25, -0.2) is 8.42 Å². The van der Waals surface area contributed by atoms with Gasteiger partial charge in [-0.15, -0.1) is 0 Å². The summed E-state index contributed by atoms with van der Waals surface area (Å²) in [4.78, 5) is 10.5. The molecule has 0 saturated heterocycles. The molecule has 0 aromatic heterocycles. The predicted octanol–water partition coefficient (Wildman–Crippen LogP) is 4.95. The largest absolute Gasteiger partial charge is 0.497 e. The van der Waals surface area contributed by atoms with Crippen molar-refractivity contribution >= 4 is 21.4 Å². The fourth-order valence-corrected chi connectivity index (χ4v) is 4.92. The minimum Gasteiger partial charge on any atom is -0.497 e. The summed E-state index contributed by atoms with van der Waals surface area (Å²) in [6.07, 6.45) is 1.72. The molecule has 3 aromatic rings. The van der Waals surface area contributed by atoms with E-state index in [0.717, 1.165) is 24.0 Å². The number of ether oxygens (including phenoxy) is 1. The Morgan fingerprint density at radius 2 is 1.68 bits per heavy atom. The number of para-hydroxylation sites is 1. The van der Waals surface area contributed by atoms with Crippen LogP contribution in [0.15, 0.2) is 77.7 Å². The Bertz CT molecular complexity index is 1160. The van der Waals surface area contributed by atoms with Crippen LogP contribution in [0.25, 0.3) is 0 Å². The van der Waals surface area contributed by atoms with Gasteiger partial charge in [0, 0.05) is 6.07 Å². The third-order valence-corrected chi connectivity index (χ3v) is 6.67. The zero-order valence-corrected chi connectivity index (χ0v) is 18.2. The van der Waals surface area contributed by atoms with Crippen LogP contribution in [0.4, 0.5) is 11.4 Å². The highest BCUT2D eigenvalue weighted by atomic mass is 32.2. The van der Waals surface area contributed by atoms with E-state index in [1.54, 1.807) is 43.5 Å². The smallest absolute Gasteiger partial charge is 0.289 e. The lowest BCUT2D eigenvalue weighted by Crippen LogP contribution is -2.31. The summed E-state index contributed by atoms with van der Waals surface area (Å²) in [6.45, 7) is 2.07. The van der Waals surface area contributed by atoms with Crippen molar-refractivity contribution in [3.63, 3.8) is 0 Å². The molecular formula is C23H24N2O5S. The molecule has 0 aliphatic carbocycles. The average molecular weight is 441 g/mol. The first kappa shape index (κ1) is 22.3. The second-order valence-corrected chi connectivity index (χ2v) is 8.84. The van der Waals surface area contributed by atoms with Crippen molar-refractivity contribution in [2.45, 2.75) is 31.2 Å². The maximum absolute atomic E-state index is 13.7. The first-order chi connectivity index (χ1) is 14.9. The third kappa shape index (κ3) is 5.03. The fraction of sp³-hybridized carbons (Fsp3) is 0.217. The number of rotatable bonds is 9. The van der Waals surface area contributed by atoms with Gasteiger partial charge in [0.15, 0.2) is 4.90 Å². The van der Waals surface area contributed by atoms with Crippen molar-refractivity contribution in [2.75, 3.05) is 11.4 Å². The van der Waals surface area contributed by atoms with Gasteiger partial charge in [-0.05, 0) is 47.9 Å². The molecular weight excluding hydrogens is 416 g/mol. The number of sulfonamides is 1. The topological polar surface area (TPSA) is 89.8 Å². The molecule has 0 radical (unpaired) electrons. The van der Waals surface area contributed by atoms with Crippen molar-refractivity contribution < 1.29 is 18.1 Å². The molecule has 8 heteroatoms. The number of nitro groups is 1. The summed E-state index contributed by atoms with van der Waals surface area (Å²) in [5.74, 6) is 0.654. The number of aryl methyl sites for hydroxylation is 1. The number of methoxy groups -OCH3 is 1. The lowest BCUT2D eigenvalue weighted by Gasteiger charge is -2.25. The highest BCUT2D eigenvalue weighted by molar-refractivity contribution is 7.93. The van der Waals surface area contributed by atoms with E-state index in [1.807, 2.05) is 19.1 Å².